The lowest BCUT2D eigenvalue weighted by Gasteiger charge is -2.04. The van der Waals surface area contributed by atoms with Crippen LogP contribution in [-0.2, 0) is 0 Å². The summed E-state index contributed by atoms with van der Waals surface area (Å²) in [7, 11) is 0. The molecule has 0 spiro atoms. The monoisotopic (exact) mass is 322 g/mol. The average molecular weight is 322 g/mol. The first-order chi connectivity index (χ1) is 10.8. The molecule has 8 heteroatoms. The van der Waals surface area contributed by atoms with E-state index < -0.39 is 34.8 Å². The third-order valence-corrected chi connectivity index (χ3v) is 3.01. The Morgan fingerprint density at radius 2 is 1.61 bits per heavy atom. The van der Waals surface area contributed by atoms with Crippen molar-refractivity contribution in [3.05, 3.63) is 52.6 Å². The van der Waals surface area contributed by atoms with Crippen molar-refractivity contribution in [2.24, 2.45) is 5.10 Å². The van der Waals surface area contributed by atoms with Crippen LogP contribution in [0.1, 0.15) is 21.5 Å². The number of rotatable bonds is 3. The Kier molecular flexibility index (Phi) is 4.44. The Balaban J connectivity index is 2.13. The summed E-state index contributed by atoms with van der Waals surface area (Å²) < 4.78 is 26.7. The number of phenols is 3. The Hall–Kier alpha value is -3.16. The van der Waals surface area contributed by atoms with Crippen molar-refractivity contribution in [3.8, 4) is 17.2 Å². The molecule has 0 saturated carbocycles. The first kappa shape index (κ1) is 16.2. The molecule has 2 aromatic carbocycles. The molecule has 0 aliphatic heterocycles. The van der Waals surface area contributed by atoms with Gasteiger partial charge in [-0.15, -0.1) is 0 Å². The number of phenolic OH excluding ortho intramolecular Hbond substituents is 3. The van der Waals surface area contributed by atoms with Gasteiger partial charge in [0.25, 0.3) is 5.91 Å². The number of nitrogens with zero attached hydrogens (tertiary/aromatic N) is 1. The smallest absolute Gasteiger partial charge is 0.271 e. The van der Waals surface area contributed by atoms with Crippen LogP contribution < -0.4 is 5.43 Å². The van der Waals surface area contributed by atoms with E-state index in [9.17, 15) is 28.9 Å². The van der Waals surface area contributed by atoms with Gasteiger partial charge in [-0.25, -0.2) is 14.2 Å². The van der Waals surface area contributed by atoms with Crippen molar-refractivity contribution < 1.29 is 28.9 Å². The molecule has 0 aromatic heterocycles. The van der Waals surface area contributed by atoms with Crippen LogP contribution in [0.4, 0.5) is 8.78 Å². The highest BCUT2D eigenvalue weighted by Gasteiger charge is 2.13. The molecular formula is C15H12F2N2O4. The fraction of sp³-hybridized carbons (Fsp3) is 0.0667. The summed E-state index contributed by atoms with van der Waals surface area (Å²) in [6, 6.07) is 3.94. The number of carbonyl (C=O) groups is 1. The van der Waals surface area contributed by atoms with Gasteiger partial charge in [-0.2, -0.15) is 5.10 Å². The van der Waals surface area contributed by atoms with Crippen LogP contribution in [0, 0.1) is 18.6 Å². The second kappa shape index (κ2) is 6.30. The minimum Gasteiger partial charge on any atom is -0.504 e. The van der Waals surface area contributed by atoms with Crippen molar-refractivity contribution >= 4 is 12.1 Å². The van der Waals surface area contributed by atoms with Gasteiger partial charge in [0.15, 0.2) is 17.2 Å². The summed E-state index contributed by atoms with van der Waals surface area (Å²) in [5.41, 5.74) is 1.86. The quantitative estimate of drug-likeness (QED) is 0.395. The molecule has 0 aliphatic rings. The van der Waals surface area contributed by atoms with Crippen LogP contribution in [-0.4, -0.2) is 27.4 Å². The highest BCUT2D eigenvalue weighted by molar-refractivity contribution is 5.96. The predicted molar refractivity (Wildman–Crippen MR) is 77.6 cm³/mol. The summed E-state index contributed by atoms with van der Waals surface area (Å²) in [4.78, 5) is 11.8. The van der Waals surface area contributed by atoms with E-state index in [1.807, 2.05) is 0 Å². The molecule has 2 aromatic rings. The Morgan fingerprint density at radius 3 is 2.13 bits per heavy atom. The normalized spacial score (nSPS) is 10.9. The Labute approximate surface area is 129 Å². The number of hydrogen-bond donors (Lipinski definition) is 4. The van der Waals surface area contributed by atoms with Crippen LogP contribution >= 0.6 is 0 Å². The van der Waals surface area contributed by atoms with E-state index in [1.165, 1.54) is 6.92 Å². The van der Waals surface area contributed by atoms with E-state index in [4.69, 9.17) is 0 Å². The molecule has 0 aliphatic carbocycles. The van der Waals surface area contributed by atoms with Gasteiger partial charge in [0.05, 0.1) is 6.21 Å². The van der Waals surface area contributed by atoms with Crippen LogP contribution in [0.2, 0.25) is 0 Å². The standard InChI is InChI=1S/C15H12F2N2O4/c1-7-10(16)2-8(3-11(7)17)6-18-19-15(23)9-4-12(20)14(22)13(21)5-9/h2-6,20-22H,1H3,(H,19,23)/b18-6+. The average Bonchev–Trinajstić information content (AvgIpc) is 2.49. The second-order valence-corrected chi connectivity index (χ2v) is 4.67. The highest BCUT2D eigenvalue weighted by Crippen LogP contribution is 2.35. The van der Waals surface area contributed by atoms with Crippen molar-refractivity contribution in [1.82, 2.24) is 5.43 Å². The molecule has 6 nitrogen and oxygen atoms in total. The minimum atomic E-state index is -0.806. The first-order valence-corrected chi connectivity index (χ1v) is 6.33. The van der Waals surface area contributed by atoms with Crippen molar-refractivity contribution in [2.45, 2.75) is 6.92 Å². The maximum Gasteiger partial charge on any atom is 0.271 e. The fourth-order valence-corrected chi connectivity index (χ4v) is 1.70. The second-order valence-electron chi connectivity index (χ2n) is 4.67. The molecule has 0 radical (unpaired) electrons. The number of benzene rings is 2. The topological polar surface area (TPSA) is 102 Å². The van der Waals surface area contributed by atoms with Gasteiger partial charge in [-0.1, -0.05) is 0 Å². The van der Waals surface area contributed by atoms with Crippen LogP contribution in [0.15, 0.2) is 29.4 Å². The molecule has 0 atom stereocenters. The van der Waals surface area contributed by atoms with Crippen LogP contribution in [0.25, 0.3) is 0 Å². The van der Waals surface area contributed by atoms with E-state index in [-0.39, 0.29) is 16.7 Å². The van der Waals surface area contributed by atoms with Gasteiger partial charge < -0.3 is 15.3 Å². The zero-order valence-electron chi connectivity index (χ0n) is 11.8. The summed E-state index contributed by atoms with van der Waals surface area (Å²) in [6.45, 7) is 1.29. The number of carbonyl (C=O) groups excluding carboxylic acids is 1. The molecule has 2 rings (SSSR count). The van der Waals surface area contributed by atoms with Gasteiger partial charge in [0.2, 0.25) is 0 Å². The van der Waals surface area contributed by atoms with Gasteiger partial charge in [-0.3, -0.25) is 4.79 Å². The fourth-order valence-electron chi connectivity index (χ4n) is 1.70. The van der Waals surface area contributed by atoms with Gasteiger partial charge in [0, 0.05) is 16.7 Å². The minimum absolute atomic E-state index is 0.0994. The third kappa shape index (κ3) is 3.54. The third-order valence-electron chi connectivity index (χ3n) is 3.01. The largest absolute Gasteiger partial charge is 0.504 e. The van der Waals surface area contributed by atoms with Crippen molar-refractivity contribution in [2.75, 3.05) is 0 Å². The molecule has 23 heavy (non-hydrogen) atoms. The zero-order valence-corrected chi connectivity index (χ0v) is 11.8. The molecule has 0 bridgehead atoms. The molecule has 0 unspecified atom stereocenters. The number of amides is 1. The number of hydrazone groups is 1. The first-order valence-electron chi connectivity index (χ1n) is 6.33. The maximum atomic E-state index is 13.3. The lowest BCUT2D eigenvalue weighted by Crippen LogP contribution is -2.17. The van der Waals surface area contributed by atoms with Gasteiger partial charge in [-0.05, 0) is 31.2 Å². The molecule has 4 N–H and O–H groups in total. The van der Waals surface area contributed by atoms with Gasteiger partial charge in [0.1, 0.15) is 11.6 Å². The predicted octanol–water partition coefficient (Wildman–Crippen LogP) is 2.15. The molecule has 120 valence electrons. The van der Waals surface area contributed by atoms with E-state index >= 15 is 0 Å². The number of hydrogen-bond acceptors (Lipinski definition) is 5. The van der Waals surface area contributed by atoms with E-state index in [2.05, 4.69) is 10.5 Å². The number of aromatic hydroxyl groups is 3. The number of nitrogens with one attached hydrogen (secondary N) is 1. The lowest BCUT2D eigenvalue weighted by atomic mass is 10.1. The SMILES string of the molecule is Cc1c(F)cc(/C=N/NC(=O)c2cc(O)c(O)c(O)c2)cc1F. The highest BCUT2D eigenvalue weighted by atomic mass is 19.1. The zero-order chi connectivity index (χ0) is 17.1. The van der Waals surface area contributed by atoms with Gasteiger partial charge >= 0.3 is 0 Å². The molecular weight excluding hydrogens is 310 g/mol. The van der Waals surface area contributed by atoms with E-state index in [0.717, 1.165) is 30.5 Å². The summed E-state index contributed by atoms with van der Waals surface area (Å²) in [6.07, 6.45) is 1.03. The molecule has 0 fully saturated rings. The Bertz CT molecular complexity index is 760. The lowest BCUT2D eigenvalue weighted by molar-refractivity contribution is 0.0954. The van der Waals surface area contributed by atoms with Crippen molar-refractivity contribution in [1.29, 1.82) is 0 Å². The summed E-state index contributed by atoms with van der Waals surface area (Å²) in [5.74, 6) is -4.41. The van der Waals surface area contributed by atoms with E-state index in [0.29, 0.717) is 0 Å². The molecule has 0 saturated heterocycles. The van der Waals surface area contributed by atoms with Crippen LogP contribution in [0.5, 0.6) is 17.2 Å². The summed E-state index contributed by atoms with van der Waals surface area (Å²) >= 11 is 0. The van der Waals surface area contributed by atoms with E-state index in [1.54, 1.807) is 0 Å². The summed E-state index contributed by atoms with van der Waals surface area (Å²) in [5, 5.41) is 31.3. The maximum absolute atomic E-state index is 13.3. The molecule has 1 amide bonds. The Morgan fingerprint density at radius 1 is 1.09 bits per heavy atom. The molecule has 0 heterocycles. The number of halogens is 2. The van der Waals surface area contributed by atoms with Crippen molar-refractivity contribution in [3.63, 3.8) is 0 Å². The van der Waals surface area contributed by atoms with Crippen LogP contribution in [0.3, 0.4) is 0 Å².